The van der Waals surface area contributed by atoms with Crippen LogP contribution in [0.5, 0.6) is 0 Å². The van der Waals surface area contributed by atoms with E-state index in [1.807, 2.05) is 23.1 Å². The van der Waals surface area contributed by atoms with Crippen LogP contribution in [0.1, 0.15) is 12.5 Å². The van der Waals surface area contributed by atoms with Gasteiger partial charge in [0, 0.05) is 39.6 Å². The van der Waals surface area contributed by atoms with Crippen molar-refractivity contribution in [2.75, 3.05) is 26.2 Å². The lowest BCUT2D eigenvalue weighted by Gasteiger charge is -2.34. The maximum Gasteiger partial charge on any atom is 0.219 e. The summed E-state index contributed by atoms with van der Waals surface area (Å²) in [4.78, 5) is 15.4. The first-order valence-electron chi connectivity index (χ1n) is 5.69. The number of nitrogens with zero attached hydrogens (tertiary/aromatic N) is 2. The zero-order valence-corrected chi connectivity index (χ0v) is 9.65. The molecule has 2 rings (SSSR count). The molecule has 3 nitrogen and oxygen atoms in total. The van der Waals surface area contributed by atoms with Gasteiger partial charge in [-0.25, -0.2) is 0 Å². The highest BCUT2D eigenvalue weighted by Crippen LogP contribution is 2.07. The number of piperazine rings is 1. The molecule has 0 spiro atoms. The first-order chi connectivity index (χ1) is 7.75. The summed E-state index contributed by atoms with van der Waals surface area (Å²) in [6.07, 6.45) is 0. The Balaban J connectivity index is 1.84. The maximum absolute atomic E-state index is 11.2. The van der Waals surface area contributed by atoms with E-state index >= 15 is 0 Å². The van der Waals surface area contributed by atoms with Crippen LogP contribution in [-0.4, -0.2) is 41.9 Å². The molecule has 1 amide bonds. The van der Waals surface area contributed by atoms with Crippen molar-refractivity contribution in [2.45, 2.75) is 13.5 Å². The molecule has 0 unspecified atom stereocenters. The van der Waals surface area contributed by atoms with Crippen LogP contribution in [0.15, 0.2) is 24.3 Å². The highest BCUT2D eigenvalue weighted by Gasteiger charge is 2.18. The van der Waals surface area contributed by atoms with Crippen molar-refractivity contribution in [3.8, 4) is 0 Å². The van der Waals surface area contributed by atoms with Crippen LogP contribution in [0, 0.1) is 6.07 Å². The molecular weight excluding hydrogens is 200 g/mol. The Labute approximate surface area is 96.7 Å². The van der Waals surface area contributed by atoms with Gasteiger partial charge in [-0.05, 0) is 11.6 Å². The normalized spacial score (nSPS) is 17.4. The molecule has 1 aromatic rings. The third-order valence-corrected chi connectivity index (χ3v) is 2.99. The van der Waals surface area contributed by atoms with Crippen molar-refractivity contribution in [3.63, 3.8) is 0 Å². The fourth-order valence-corrected chi connectivity index (χ4v) is 1.99. The zero-order valence-electron chi connectivity index (χ0n) is 9.65. The highest BCUT2D eigenvalue weighted by atomic mass is 16.2. The third-order valence-electron chi connectivity index (χ3n) is 2.99. The quantitative estimate of drug-likeness (QED) is 0.742. The molecular formula is C13H17N2O. The number of amides is 1. The van der Waals surface area contributed by atoms with Gasteiger partial charge in [0.2, 0.25) is 5.91 Å². The number of benzene rings is 1. The number of carbonyl (C=O) groups excluding carboxylic acids is 1. The van der Waals surface area contributed by atoms with E-state index in [-0.39, 0.29) is 5.91 Å². The maximum atomic E-state index is 11.2. The lowest BCUT2D eigenvalue weighted by Crippen LogP contribution is -2.47. The van der Waals surface area contributed by atoms with Gasteiger partial charge in [-0.3, -0.25) is 9.69 Å². The van der Waals surface area contributed by atoms with Crippen molar-refractivity contribution >= 4 is 5.91 Å². The van der Waals surface area contributed by atoms with Crippen molar-refractivity contribution in [1.82, 2.24) is 9.80 Å². The van der Waals surface area contributed by atoms with Gasteiger partial charge in [0.1, 0.15) is 0 Å². The minimum absolute atomic E-state index is 0.186. The predicted octanol–water partition coefficient (Wildman–Crippen LogP) is 1.15. The van der Waals surface area contributed by atoms with Crippen molar-refractivity contribution in [2.24, 2.45) is 0 Å². The summed E-state index contributed by atoms with van der Waals surface area (Å²) in [6, 6.07) is 11.3. The topological polar surface area (TPSA) is 23.6 Å². The van der Waals surface area contributed by atoms with Crippen LogP contribution < -0.4 is 0 Å². The van der Waals surface area contributed by atoms with Gasteiger partial charge in [-0.15, -0.1) is 0 Å². The molecule has 0 aromatic heterocycles. The van der Waals surface area contributed by atoms with Crippen LogP contribution in [0.4, 0.5) is 0 Å². The molecule has 0 N–H and O–H groups in total. The van der Waals surface area contributed by atoms with E-state index < -0.39 is 0 Å². The molecule has 1 aliphatic rings. The molecule has 1 saturated heterocycles. The van der Waals surface area contributed by atoms with E-state index in [1.54, 1.807) is 6.92 Å². The van der Waals surface area contributed by atoms with Gasteiger partial charge < -0.3 is 4.90 Å². The van der Waals surface area contributed by atoms with Crippen LogP contribution in [-0.2, 0) is 11.3 Å². The standard InChI is InChI=1S/C13H17N2O/c1-12(16)15-9-7-14(8-10-15)11-13-5-3-2-4-6-13/h2-5H,7-11H2,1H3. The number of hydrogen-bond acceptors (Lipinski definition) is 2. The van der Waals surface area contributed by atoms with E-state index in [0.717, 1.165) is 32.7 Å². The Bertz CT molecular complexity index is 342. The zero-order chi connectivity index (χ0) is 11.4. The van der Waals surface area contributed by atoms with Gasteiger partial charge in [0.05, 0.1) is 0 Å². The Morgan fingerprint density at radius 3 is 2.62 bits per heavy atom. The summed E-state index contributed by atoms with van der Waals surface area (Å²) in [5, 5.41) is 0. The van der Waals surface area contributed by atoms with Gasteiger partial charge in [-0.1, -0.05) is 24.3 Å². The lowest BCUT2D eigenvalue weighted by atomic mass is 10.2. The van der Waals surface area contributed by atoms with Crippen molar-refractivity contribution in [1.29, 1.82) is 0 Å². The summed E-state index contributed by atoms with van der Waals surface area (Å²) in [5.41, 5.74) is 1.22. The second-order valence-corrected chi connectivity index (χ2v) is 4.17. The number of hydrogen-bond donors (Lipinski definition) is 0. The first-order valence-corrected chi connectivity index (χ1v) is 5.69. The van der Waals surface area contributed by atoms with E-state index in [9.17, 15) is 4.79 Å². The summed E-state index contributed by atoms with van der Waals surface area (Å²) in [5.74, 6) is 0.186. The van der Waals surface area contributed by atoms with Gasteiger partial charge in [0.25, 0.3) is 0 Å². The summed E-state index contributed by atoms with van der Waals surface area (Å²) < 4.78 is 0. The second kappa shape index (κ2) is 5.12. The predicted molar refractivity (Wildman–Crippen MR) is 62.8 cm³/mol. The van der Waals surface area contributed by atoms with Crippen LogP contribution >= 0.6 is 0 Å². The summed E-state index contributed by atoms with van der Waals surface area (Å²) >= 11 is 0. The van der Waals surface area contributed by atoms with Crippen LogP contribution in [0.2, 0.25) is 0 Å². The molecule has 1 fully saturated rings. The van der Waals surface area contributed by atoms with Gasteiger partial charge >= 0.3 is 0 Å². The fraction of sp³-hybridized carbons (Fsp3) is 0.462. The second-order valence-electron chi connectivity index (χ2n) is 4.17. The van der Waals surface area contributed by atoms with E-state index in [4.69, 9.17) is 0 Å². The lowest BCUT2D eigenvalue weighted by molar-refractivity contribution is -0.130. The Hall–Kier alpha value is -1.35. The molecule has 1 aliphatic heterocycles. The van der Waals surface area contributed by atoms with E-state index in [0.29, 0.717) is 0 Å². The molecule has 0 atom stereocenters. The molecule has 0 saturated carbocycles. The van der Waals surface area contributed by atoms with Crippen molar-refractivity contribution < 1.29 is 4.79 Å². The average molecular weight is 217 g/mol. The molecule has 1 heterocycles. The minimum Gasteiger partial charge on any atom is -0.340 e. The number of rotatable bonds is 2. The largest absolute Gasteiger partial charge is 0.340 e. The van der Waals surface area contributed by atoms with Gasteiger partial charge in [0.15, 0.2) is 0 Å². The summed E-state index contributed by atoms with van der Waals surface area (Å²) in [7, 11) is 0. The molecule has 85 valence electrons. The van der Waals surface area contributed by atoms with Crippen molar-refractivity contribution in [3.05, 3.63) is 35.9 Å². The monoisotopic (exact) mass is 217 g/mol. The molecule has 16 heavy (non-hydrogen) atoms. The molecule has 0 aliphatic carbocycles. The smallest absolute Gasteiger partial charge is 0.219 e. The molecule has 3 heteroatoms. The SMILES string of the molecule is CC(=O)N1CCN(Cc2[c]cccc2)CC1. The first kappa shape index (κ1) is 11.1. The Morgan fingerprint density at radius 1 is 1.31 bits per heavy atom. The Morgan fingerprint density at radius 2 is 2.06 bits per heavy atom. The van der Waals surface area contributed by atoms with Crippen LogP contribution in [0.25, 0.3) is 0 Å². The third kappa shape index (κ3) is 2.83. The molecule has 1 aromatic carbocycles. The highest BCUT2D eigenvalue weighted by molar-refractivity contribution is 5.73. The van der Waals surface area contributed by atoms with E-state index in [1.165, 1.54) is 5.56 Å². The van der Waals surface area contributed by atoms with Crippen LogP contribution in [0.3, 0.4) is 0 Å². The van der Waals surface area contributed by atoms with Gasteiger partial charge in [-0.2, -0.15) is 0 Å². The van der Waals surface area contributed by atoms with E-state index in [2.05, 4.69) is 17.0 Å². The molecule has 0 bridgehead atoms. The fourth-order valence-electron chi connectivity index (χ4n) is 1.99. The summed E-state index contributed by atoms with van der Waals surface area (Å²) in [6.45, 7) is 6.20. The average Bonchev–Trinajstić information content (AvgIpc) is 2.31. The number of carbonyl (C=O) groups is 1. The minimum atomic E-state index is 0.186. The Kier molecular flexibility index (Phi) is 3.57. The molecule has 1 radical (unpaired) electrons.